The summed E-state index contributed by atoms with van der Waals surface area (Å²) in [6.07, 6.45) is 2.92. The minimum Gasteiger partial charge on any atom is -0.330 e. The molecule has 6 nitrogen and oxygen atoms in total. The number of carbonyl (C=O) groups excluding carboxylic acids is 1. The lowest BCUT2D eigenvalue weighted by Gasteiger charge is -2.26. The molecule has 1 fully saturated rings. The number of aryl methyl sites for hydroxylation is 1. The number of hydrogen-bond donors (Lipinski definition) is 0. The van der Waals surface area contributed by atoms with Crippen LogP contribution in [-0.2, 0) is 23.3 Å². The van der Waals surface area contributed by atoms with Crippen molar-refractivity contribution in [1.82, 2.24) is 14.7 Å². The van der Waals surface area contributed by atoms with Crippen LogP contribution < -0.4 is 0 Å². The number of sulfone groups is 1. The van der Waals surface area contributed by atoms with Crippen molar-refractivity contribution in [2.45, 2.75) is 32.7 Å². The highest BCUT2D eigenvalue weighted by molar-refractivity contribution is 7.91. The van der Waals surface area contributed by atoms with Gasteiger partial charge in [0.05, 0.1) is 17.2 Å². The molecule has 0 bridgehead atoms. The van der Waals surface area contributed by atoms with E-state index in [2.05, 4.69) is 25.5 Å². The average molecular weight is 339 g/mol. The molecule has 0 N–H and O–H groups in total. The van der Waals surface area contributed by atoms with Crippen molar-refractivity contribution in [3.8, 4) is 0 Å². The fraction of sp³-hybridized carbons (Fsp3) is 0.625. The smallest absolute Gasteiger partial charge is 0.272 e. The monoisotopic (exact) mass is 339 g/mol. The molecule has 2 heterocycles. The maximum atomic E-state index is 12.9. The quantitative estimate of drug-likeness (QED) is 0.735. The fourth-order valence-corrected chi connectivity index (χ4v) is 4.68. The Bertz CT molecular complexity index is 691. The second-order valence-electron chi connectivity index (χ2n) is 6.55. The molecule has 0 unspecified atom stereocenters. The first kappa shape index (κ1) is 17.7. The lowest BCUT2D eigenvalue weighted by atomic mass is 10.1. The highest BCUT2D eigenvalue weighted by atomic mass is 32.2. The molecule has 1 aliphatic heterocycles. The summed E-state index contributed by atoms with van der Waals surface area (Å²) >= 11 is 0. The molecule has 0 spiro atoms. The normalized spacial score (nSPS) is 19.9. The highest BCUT2D eigenvalue weighted by Crippen LogP contribution is 2.20. The van der Waals surface area contributed by atoms with Crippen molar-refractivity contribution in [1.29, 1.82) is 0 Å². The molecule has 0 aromatic carbocycles. The minimum absolute atomic E-state index is 0.0310. The zero-order chi connectivity index (χ0) is 17.2. The van der Waals surface area contributed by atoms with Crippen LogP contribution in [0.15, 0.2) is 18.7 Å². The zero-order valence-electron chi connectivity index (χ0n) is 14.0. The van der Waals surface area contributed by atoms with Crippen LogP contribution in [0.25, 0.3) is 0 Å². The standard InChI is InChI=1S/C16H25N3O3S/c1-5-7-19(14-6-8-23(21,22)11-14)16(20)15-10-13(9-12(2)3)17-18(15)4/h5,10,12,14H,1,6-9,11H2,2-4H3/t14-/m0/s1. The van der Waals surface area contributed by atoms with Gasteiger partial charge in [-0.15, -0.1) is 6.58 Å². The van der Waals surface area contributed by atoms with E-state index in [0.29, 0.717) is 24.6 Å². The van der Waals surface area contributed by atoms with Gasteiger partial charge in [0.15, 0.2) is 9.84 Å². The summed E-state index contributed by atoms with van der Waals surface area (Å²) < 4.78 is 25.0. The summed E-state index contributed by atoms with van der Waals surface area (Å²) in [6.45, 7) is 8.22. The van der Waals surface area contributed by atoms with Crippen molar-refractivity contribution >= 4 is 15.7 Å². The van der Waals surface area contributed by atoms with E-state index in [1.54, 1.807) is 22.7 Å². The molecule has 0 aliphatic carbocycles. The first-order chi connectivity index (χ1) is 10.7. The van der Waals surface area contributed by atoms with Gasteiger partial charge in [-0.2, -0.15) is 5.10 Å². The van der Waals surface area contributed by atoms with Gasteiger partial charge in [0, 0.05) is 19.6 Å². The number of amides is 1. The van der Waals surface area contributed by atoms with E-state index in [1.807, 2.05) is 6.07 Å². The molecule has 128 valence electrons. The number of nitrogens with zero attached hydrogens (tertiary/aromatic N) is 3. The largest absolute Gasteiger partial charge is 0.330 e. The van der Waals surface area contributed by atoms with E-state index in [1.165, 1.54) is 0 Å². The molecule has 2 rings (SSSR count). The predicted molar refractivity (Wildman–Crippen MR) is 90.0 cm³/mol. The van der Waals surface area contributed by atoms with Gasteiger partial charge in [-0.05, 0) is 24.8 Å². The summed E-state index contributed by atoms with van der Waals surface area (Å²) in [5.74, 6) is 0.445. The van der Waals surface area contributed by atoms with Crippen LogP contribution in [0.5, 0.6) is 0 Å². The Morgan fingerprint density at radius 2 is 2.26 bits per heavy atom. The van der Waals surface area contributed by atoms with Gasteiger partial charge >= 0.3 is 0 Å². The second kappa shape index (κ2) is 6.86. The highest BCUT2D eigenvalue weighted by Gasteiger charge is 2.35. The van der Waals surface area contributed by atoms with Gasteiger partial charge in [0.2, 0.25) is 0 Å². The number of carbonyl (C=O) groups is 1. The molecule has 1 aromatic heterocycles. The molecule has 7 heteroatoms. The maximum absolute atomic E-state index is 12.9. The Morgan fingerprint density at radius 3 is 2.78 bits per heavy atom. The van der Waals surface area contributed by atoms with Gasteiger partial charge in [-0.1, -0.05) is 19.9 Å². The third-order valence-electron chi connectivity index (χ3n) is 4.00. The average Bonchev–Trinajstić information content (AvgIpc) is 2.97. The van der Waals surface area contributed by atoms with Crippen molar-refractivity contribution in [3.05, 3.63) is 30.1 Å². The first-order valence-electron chi connectivity index (χ1n) is 7.88. The summed E-state index contributed by atoms with van der Waals surface area (Å²) in [6, 6.07) is 1.52. The van der Waals surface area contributed by atoms with Crippen LogP contribution in [-0.4, -0.2) is 53.1 Å². The molecular weight excluding hydrogens is 314 g/mol. The van der Waals surface area contributed by atoms with E-state index >= 15 is 0 Å². The predicted octanol–water partition coefficient (Wildman–Crippen LogP) is 1.43. The van der Waals surface area contributed by atoms with Crippen molar-refractivity contribution in [3.63, 3.8) is 0 Å². The van der Waals surface area contributed by atoms with Gasteiger partial charge in [0.25, 0.3) is 5.91 Å². The van der Waals surface area contributed by atoms with Gasteiger partial charge in [-0.3, -0.25) is 9.48 Å². The van der Waals surface area contributed by atoms with Gasteiger partial charge in [0.1, 0.15) is 5.69 Å². The Hall–Kier alpha value is -1.63. The SMILES string of the molecule is C=CCN(C(=O)c1cc(CC(C)C)nn1C)[C@H]1CCS(=O)(=O)C1. The van der Waals surface area contributed by atoms with E-state index < -0.39 is 9.84 Å². The van der Waals surface area contributed by atoms with Crippen LogP contribution in [0.1, 0.15) is 36.5 Å². The van der Waals surface area contributed by atoms with Gasteiger partial charge < -0.3 is 4.90 Å². The molecule has 1 amide bonds. The summed E-state index contributed by atoms with van der Waals surface area (Å²) in [5.41, 5.74) is 1.37. The molecule has 1 aromatic rings. The summed E-state index contributed by atoms with van der Waals surface area (Å²) in [5, 5.41) is 4.39. The van der Waals surface area contributed by atoms with E-state index in [4.69, 9.17) is 0 Å². The molecule has 1 aliphatic rings. The molecule has 0 saturated carbocycles. The zero-order valence-corrected chi connectivity index (χ0v) is 14.8. The minimum atomic E-state index is -3.05. The van der Waals surface area contributed by atoms with Crippen molar-refractivity contribution in [2.24, 2.45) is 13.0 Å². The lowest BCUT2D eigenvalue weighted by molar-refractivity contribution is 0.0709. The lowest BCUT2D eigenvalue weighted by Crippen LogP contribution is -2.42. The second-order valence-corrected chi connectivity index (χ2v) is 8.77. The van der Waals surface area contributed by atoms with Crippen LogP contribution >= 0.6 is 0 Å². The Morgan fingerprint density at radius 1 is 1.57 bits per heavy atom. The van der Waals surface area contributed by atoms with Crippen LogP contribution in [0.2, 0.25) is 0 Å². The Balaban J connectivity index is 2.24. The third kappa shape index (κ3) is 4.22. The first-order valence-corrected chi connectivity index (χ1v) is 9.71. The van der Waals surface area contributed by atoms with Crippen LogP contribution in [0.3, 0.4) is 0 Å². The van der Waals surface area contributed by atoms with Crippen LogP contribution in [0, 0.1) is 5.92 Å². The third-order valence-corrected chi connectivity index (χ3v) is 5.75. The molecular formula is C16H25N3O3S. The maximum Gasteiger partial charge on any atom is 0.272 e. The summed E-state index contributed by atoms with van der Waals surface area (Å²) in [7, 11) is -1.30. The van der Waals surface area contributed by atoms with E-state index in [0.717, 1.165) is 12.1 Å². The Kier molecular flexibility index (Phi) is 5.29. The van der Waals surface area contributed by atoms with Gasteiger partial charge in [-0.25, -0.2) is 8.42 Å². The number of aromatic nitrogens is 2. The molecule has 23 heavy (non-hydrogen) atoms. The molecule has 0 radical (unpaired) electrons. The summed E-state index contributed by atoms with van der Waals surface area (Å²) in [4.78, 5) is 14.5. The topological polar surface area (TPSA) is 72.3 Å². The van der Waals surface area contributed by atoms with Crippen LogP contribution in [0.4, 0.5) is 0 Å². The van der Waals surface area contributed by atoms with Crippen molar-refractivity contribution < 1.29 is 13.2 Å². The number of rotatable bonds is 6. The van der Waals surface area contributed by atoms with E-state index in [9.17, 15) is 13.2 Å². The molecule has 1 saturated heterocycles. The number of hydrogen-bond acceptors (Lipinski definition) is 4. The molecule has 1 atom stereocenters. The fourth-order valence-electron chi connectivity index (χ4n) is 2.95. The van der Waals surface area contributed by atoms with Crippen molar-refractivity contribution in [2.75, 3.05) is 18.1 Å². The Labute approximate surface area is 138 Å². The van der Waals surface area contributed by atoms with E-state index in [-0.39, 0.29) is 23.5 Å².